The van der Waals surface area contributed by atoms with E-state index in [4.69, 9.17) is 4.74 Å². The molecular formula is C30H43NNa8O15P4. The maximum absolute atomic E-state index is 11.4. The van der Waals surface area contributed by atoms with Crippen LogP contribution >= 0.6 is 30.4 Å². The van der Waals surface area contributed by atoms with Crippen LogP contribution < -0.4 is 276 Å². The third-order valence-electron chi connectivity index (χ3n) is 7.94. The van der Waals surface area contributed by atoms with E-state index in [1.807, 2.05) is 6.92 Å². The number of aliphatic hydroxyl groups excluding tert-OH is 2. The smallest absolute Gasteiger partial charge is 0.811 e. The third-order valence-corrected chi connectivity index (χ3v) is 11.0. The van der Waals surface area contributed by atoms with E-state index < -0.39 is 73.8 Å². The molecule has 0 bridgehead atoms. The molecule has 2 rings (SSSR count). The van der Waals surface area contributed by atoms with Crippen LogP contribution in [0, 0.1) is 0 Å². The molecule has 16 nitrogen and oxygen atoms in total. The fourth-order valence-corrected chi connectivity index (χ4v) is 7.40. The van der Waals surface area contributed by atoms with Gasteiger partial charge in [0.25, 0.3) is 0 Å². The summed E-state index contributed by atoms with van der Waals surface area (Å²) in [7, 11) is -19.7. The van der Waals surface area contributed by atoms with Crippen LogP contribution in [0.1, 0.15) is 53.1 Å². The van der Waals surface area contributed by atoms with Crippen molar-refractivity contribution in [2.24, 2.45) is 0 Å². The van der Waals surface area contributed by atoms with Crippen molar-refractivity contribution in [3.05, 3.63) is 69.8 Å². The summed E-state index contributed by atoms with van der Waals surface area (Å²) in [6.07, 6.45) is -2.38. The summed E-state index contributed by atoms with van der Waals surface area (Å²) in [4.78, 5) is 92.8. The molecule has 0 aromatic heterocycles. The molecule has 286 valence electrons. The Bertz CT molecular complexity index is 1400. The van der Waals surface area contributed by atoms with Gasteiger partial charge in [-0.25, -0.2) is 0 Å². The molecule has 0 spiro atoms. The number of aryl methyl sites for hydroxylation is 4. The molecule has 2 N–H and O–H groups in total. The molecule has 0 amide bonds. The van der Waals surface area contributed by atoms with E-state index >= 15 is 0 Å². The molecule has 2 aromatic rings. The molecule has 0 atom stereocenters. The van der Waals surface area contributed by atoms with Crippen LogP contribution in [0.15, 0.2) is 36.4 Å². The second-order valence-corrected chi connectivity index (χ2v) is 19.1. The first-order chi connectivity index (χ1) is 23.0. The summed E-state index contributed by atoms with van der Waals surface area (Å²) in [5, 5.41) is 21.4. The van der Waals surface area contributed by atoms with Crippen molar-refractivity contribution in [1.29, 1.82) is 0 Å². The van der Waals surface area contributed by atoms with Gasteiger partial charge < -0.3 is 72.4 Å². The van der Waals surface area contributed by atoms with E-state index in [2.05, 4.69) is 0 Å². The number of rotatable bonds is 24. The average Bonchev–Trinajstić information content (AvgIpc) is 2.99. The van der Waals surface area contributed by atoms with Crippen molar-refractivity contribution in [1.82, 2.24) is 4.90 Å². The Morgan fingerprint density at radius 3 is 1.00 bits per heavy atom. The number of hydrogen-bond donors (Lipinski definition) is 2. The summed E-state index contributed by atoms with van der Waals surface area (Å²) in [6, 6.07) is 9.17. The Balaban J connectivity index is -0.000000650. The van der Waals surface area contributed by atoms with E-state index in [1.165, 1.54) is 12.1 Å². The fraction of sp³-hybridized carbons (Fsp3) is 0.600. The van der Waals surface area contributed by atoms with Gasteiger partial charge in [0.15, 0.2) is 0 Å². The average molecular weight is 965 g/mol. The van der Waals surface area contributed by atoms with Gasteiger partial charge in [-0.05, 0) is 90.1 Å². The van der Waals surface area contributed by atoms with Gasteiger partial charge in [-0.2, -0.15) is 0 Å². The van der Waals surface area contributed by atoms with E-state index in [9.17, 15) is 67.6 Å². The van der Waals surface area contributed by atoms with Crippen LogP contribution in [0.25, 0.3) is 0 Å². The van der Waals surface area contributed by atoms with E-state index in [-0.39, 0.29) is 288 Å². The number of unbranched alkanes of at least 4 members (excludes halogenated alkanes) is 1. The molecule has 2 aromatic carbocycles. The number of hydrogen-bond acceptors (Lipinski definition) is 16. The summed E-state index contributed by atoms with van der Waals surface area (Å²) in [6.45, 7) is 0.527. The molecule has 0 saturated carbocycles. The maximum atomic E-state index is 11.4. The van der Waals surface area contributed by atoms with Crippen molar-refractivity contribution in [3.63, 3.8) is 0 Å². The van der Waals surface area contributed by atoms with Crippen LogP contribution in [0.3, 0.4) is 0 Å². The number of benzene rings is 2. The molecule has 0 unspecified atom stereocenters. The minimum absolute atomic E-state index is 0. The topological polar surface area (TPSA) is 306 Å². The molecule has 0 heterocycles. The van der Waals surface area contributed by atoms with Crippen molar-refractivity contribution in [2.45, 2.75) is 64.1 Å². The van der Waals surface area contributed by atoms with Gasteiger partial charge in [0.05, 0.1) is 25.4 Å². The monoisotopic (exact) mass is 965 g/mol. The van der Waals surface area contributed by atoms with E-state index in [1.54, 1.807) is 29.2 Å². The van der Waals surface area contributed by atoms with Gasteiger partial charge in [0.2, 0.25) is 0 Å². The van der Waals surface area contributed by atoms with Gasteiger partial charge >= 0.3 is 236 Å². The Morgan fingerprint density at radius 1 is 0.517 bits per heavy atom. The number of nitrogens with zero attached hydrogens (tertiary/aromatic N) is 1. The Kier molecular flexibility index (Phi) is 52.6. The minimum Gasteiger partial charge on any atom is -0.811 e. The predicted octanol–water partition coefficient (Wildman–Crippen LogP) is -26.9. The molecule has 0 radical (unpaired) electrons. The molecule has 0 aliphatic carbocycles. The molecule has 0 aliphatic rings. The van der Waals surface area contributed by atoms with Crippen molar-refractivity contribution < 1.29 is 309 Å². The molecule has 58 heavy (non-hydrogen) atoms. The Labute approximate surface area is 519 Å². The first-order valence-electron chi connectivity index (χ1n) is 15.9. The van der Waals surface area contributed by atoms with Gasteiger partial charge in [0, 0.05) is 19.7 Å². The van der Waals surface area contributed by atoms with Crippen LogP contribution in [0.5, 0.6) is 0 Å². The zero-order valence-electron chi connectivity index (χ0n) is 35.7. The quantitative estimate of drug-likeness (QED) is 0.0561. The zero-order chi connectivity index (χ0) is 37.8. The second-order valence-electron chi connectivity index (χ2n) is 12.5. The van der Waals surface area contributed by atoms with Crippen LogP contribution in [-0.4, -0.2) is 71.7 Å². The molecule has 0 fully saturated rings. The van der Waals surface area contributed by atoms with Crippen molar-refractivity contribution in [3.8, 4) is 0 Å². The Morgan fingerprint density at radius 2 is 0.776 bits per heavy atom. The van der Waals surface area contributed by atoms with Gasteiger partial charge in [-0.3, -0.25) is 4.90 Å². The molecule has 28 heteroatoms. The summed E-state index contributed by atoms with van der Waals surface area (Å²) in [5.74, 6) is 0. The summed E-state index contributed by atoms with van der Waals surface area (Å²) in [5.41, 5.74) is 0.733. The standard InChI is InChI=1S/C30H51NO15P4.8Na/c1-2-3-8-46-23-30(21-32,22-33)31(19-28-15-24(4-9-47(34,35)36)13-25(16-28)5-10-48(37,38)39)20-29-17-26(6-11-49(40,41)42)14-27(18-29)7-12-50(43,44)45;;;;;;;;/h13-18,32-33H,2-12,19-23H2,1H3,(H2,34,35,36)(H2,37,38,39)(H2,40,41,42)(H2,43,44,45);;;;;;;;/q;8*+1/p-8. The maximum Gasteiger partial charge on any atom is 1.00 e. The summed E-state index contributed by atoms with van der Waals surface area (Å²) >= 11 is 0. The first-order valence-corrected chi connectivity index (χ1v) is 22.8. The second kappa shape index (κ2) is 38.6. The number of ether oxygens (including phenoxy) is 1. The first kappa shape index (κ1) is 79.0. The van der Waals surface area contributed by atoms with Crippen LogP contribution in [0.2, 0.25) is 0 Å². The Hall–Kier alpha value is 6.88. The van der Waals surface area contributed by atoms with Gasteiger partial charge in [-0.1, -0.05) is 80.1 Å². The van der Waals surface area contributed by atoms with Crippen molar-refractivity contribution >= 4 is 30.4 Å². The SMILES string of the molecule is CCCCOCC(CO)(CO)N(Cc1cc(CCP(=O)([O-])[O-])cc(CCP(=O)([O-])[O-])c1)Cc1cc(CCP(=O)([O-])[O-])cc(CCP(=O)([O-])[O-])c1.[Na+].[Na+].[Na+].[Na+].[Na+].[Na+].[Na+].[Na+]. The van der Waals surface area contributed by atoms with Crippen LogP contribution in [-0.2, 0) is 61.8 Å². The zero-order valence-corrected chi connectivity index (χ0v) is 55.3. The molecular weight excluding hydrogens is 922 g/mol. The molecule has 0 saturated heterocycles. The molecule has 0 aliphatic heterocycles. The van der Waals surface area contributed by atoms with E-state index in [0.29, 0.717) is 39.8 Å². The third kappa shape index (κ3) is 35.9. The largest absolute Gasteiger partial charge is 1.00 e. The van der Waals surface area contributed by atoms with Gasteiger partial charge in [0.1, 0.15) is 0 Å². The minimum atomic E-state index is -4.93. The van der Waals surface area contributed by atoms with Crippen molar-refractivity contribution in [2.75, 3.05) is 51.1 Å². The van der Waals surface area contributed by atoms with Crippen LogP contribution in [0.4, 0.5) is 0 Å². The van der Waals surface area contributed by atoms with E-state index in [0.717, 1.165) is 6.42 Å². The fourth-order valence-electron chi connectivity index (χ4n) is 5.28. The normalized spacial score (nSPS) is 11.5. The summed E-state index contributed by atoms with van der Waals surface area (Å²) < 4.78 is 51.4. The predicted molar refractivity (Wildman–Crippen MR) is 169 cm³/mol. The number of aliphatic hydroxyl groups is 2. The van der Waals surface area contributed by atoms with Gasteiger partial charge in [-0.15, -0.1) is 0 Å².